The number of hydrogen-bond donors (Lipinski definition) is 1. The SMILES string of the molecule is CCc1ccc(CC(CCc2ccccc2C)NC)s1. The zero-order valence-corrected chi connectivity index (χ0v) is 13.6. The van der Waals surface area contributed by atoms with E-state index in [0.29, 0.717) is 6.04 Å². The van der Waals surface area contributed by atoms with Crippen molar-refractivity contribution >= 4 is 11.3 Å². The molecule has 0 spiro atoms. The van der Waals surface area contributed by atoms with Gasteiger partial charge in [0.1, 0.15) is 0 Å². The molecule has 2 rings (SSSR count). The maximum atomic E-state index is 3.47. The van der Waals surface area contributed by atoms with Crippen molar-refractivity contribution in [3.63, 3.8) is 0 Å². The Kier molecular flexibility index (Phi) is 5.81. The summed E-state index contributed by atoms with van der Waals surface area (Å²) in [5.74, 6) is 0. The molecule has 1 nitrogen and oxygen atoms in total. The number of hydrogen-bond acceptors (Lipinski definition) is 2. The van der Waals surface area contributed by atoms with E-state index in [1.165, 1.54) is 27.3 Å². The van der Waals surface area contributed by atoms with Gasteiger partial charge in [0.15, 0.2) is 0 Å². The van der Waals surface area contributed by atoms with E-state index >= 15 is 0 Å². The maximum absolute atomic E-state index is 3.47. The van der Waals surface area contributed by atoms with Gasteiger partial charge in [-0.05, 0) is 62.9 Å². The Hall–Kier alpha value is -1.12. The molecule has 108 valence electrons. The fraction of sp³-hybridized carbons (Fsp3) is 0.444. The Morgan fingerprint density at radius 3 is 2.50 bits per heavy atom. The maximum Gasteiger partial charge on any atom is 0.0115 e. The van der Waals surface area contributed by atoms with Gasteiger partial charge in [-0.1, -0.05) is 31.2 Å². The highest BCUT2D eigenvalue weighted by Gasteiger charge is 2.10. The molecule has 1 unspecified atom stereocenters. The van der Waals surface area contributed by atoms with Crippen molar-refractivity contribution in [2.45, 2.75) is 45.6 Å². The molecule has 1 N–H and O–H groups in total. The molecule has 0 radical (unpaired) electrons. The Balaban J connectivity index is 1.91. The summed E-state index contributed by atoms with van der Waals surface area (Å²) < 4.78 is 0. The molecule has 20 heavy (non-hydrogen) atoms. The molecule has 1 aromatic carbocycles. The monoisotopic (exact) mass is 287 g/mol. The average Bonchev–Trinajstić information content (AvgIpc) is 2.92. The second-order valence-corrected chi connectivity index (χ2v) is 6.63. The Morgan fingerprint density at radius 2 is 1.85 bits per heavy atom. The van der Waals surface area contributed by atoms with Gasteiger partial charge in [-0.2, -0.15) is 0 Å². The van der Waals surface area contributed by atoms with Crippen LogP contribution >= 0.6 is 11.3 Å². The van der Waals surface area contributed by atoms with E-state index in [-0.39, 0.29) is 0 Å². The Bertz CT molecular complexity index is 530. The zero-order chi connectivity index (χ0) is 14.4. The second-order valence-electron chi connectivity index (χ2n) is 5.38. The van der Waals surface area contributed by atoms with E-state index in [2.05, 4.69) is 62.6 Å². The minimum Gasteiger partial charge on any atom is -0.317 e. The highest BCUT2D eigenvalue weighted by molar-refractivity contribution is 7.11. The third kappa shape index (κ3) is 4.19. The molecule has 1 atom stereocenters. The normalized spacial score (nSPS) is 12.6. The van der Waals surface area contributed by atoms with Crippen LogP contribution in [0.1, 0.15) is 34.2 Å². The molecule has 1 aromatic heterocycles. The van der Waals surface area contributed by atoms with Crippen molar-refractivity contribution in [1.29, 1.82) is 0 Å². The first-order valence-electron chi connectivity index (χ1n) is 7.52. The fourth-order valence-corrected chi connectivity index (χ4v) is 3.57. The minimum atomic E-state index is 0.568. The lowest BCUT2D eigenvalue weighted by Gasteiger charge is -2.16. The van der Waals surface area contributed by atoms with E-state index in [4.69, 9.17) is 0 Å². The molecule has 0 aliphatic rings. The van der Waals surface area contributed by atoms with Gasteiger partial charge in [-0.15, -0.1) is 11.3 Å². The number of likely N-dealkylation sites (N-methyl/N-ethyl adjacent to an activating group) is 1. The molecule has 0 amide bonds. The second kappa shape index (κ2) is 7.61. The van der Waals surface area contributed by atoms with Crippen LogP contribution in [0.4, 0.5) is 0 Å². The van der Waals surface area contributed by atoms with E-state index in [1.807, 2.05) is 11.3 Å². The van der Waals surface area contributed by atoms with Crippen molar-refractivity contribution < 1.29 is 0 Å². The molecule has 1 heterocycles. The smallest absolute Gasteiger partial charge is 0.0115 e. The molecular weight excluding hydrogens is 262 g/mol. The average molecular weight is 287 g/mol. The summed E-state index contributed by atoms with van der Waals surface area (Å²) in [5.41, 5.74) is 2.89. The first-order chi connectivity index (χ1) is 9.72. The number of nitrogens with one attached hydrogen (secondary N) is 1. The summed E-state index contributed by atoms with van der Waals surface area (Å²) in [6, 6.07) is 13.8. The van der Waals surface area contributed by atoms with E-state index in [9.17, 15) is 0 Å². The number of aryl methyl sites for hydroxylation is 3. The van der Waals surface area contributed by atoms with Crippen LogP contribution < -0.4 is 5.32 Å². The van der Waals surface area contributed by atoms with Gasteiger partial charge in [-0.25, -0.2) is 0 Å². The topological polar surface area (TPSA) is 12.0 Å². The van der Waals surface area contributed by atoms with Crippen molar-refractivity contribution in [2.75, 3.05) is 7.05 Å². The third-order valence-electron chi connectivity index (χ3n) is 3.94. The number of rotatable bonds is 7. The number of benzene rings is 1. The van der Waals surface area contributed by atoms with Crippen molar-refractivity contribution in [3.05, 3.63) is 57.3 Å². The Morgan fingerprint density at radius 1 is 1.10 bits per heavy atom. The Labute approximate surface area is 127 Å². The van der Waals surface area contributed by atoms with Crippen LogP contribution in [0.25, 0.3) is 0 Å². The molecule has 2 aromatic rings. The highest BCUT2D eigenvalue weighted by Crippen LogP contribution is 2.20. The van der Waals surface area contributed by atoms with Gasteiger partial charge in [0.25, 0.3) is 0 Å². The summed E-state index contributed by atoms with van der Waals surface area (Å²) in [6.07, 6.45) is 4.65. The summed E-state index contributed by atoms with van der Waals surface area (Å²) >= 11 is 1.96. The quantitative estimate of drug-likeness (QED) is 0.797. The zero-order valence-electron chi connectivity index (χ0n) is 12.8. The van der Waals surface area contributed by atoms with Crippen molar-refractivity contribution in [1.82, 2.24) is 5.32 Å². The first kappa shape index (κ1) is 15.3. The van der Waals surface area contributed by atoms with E-state index in [1.54, 1.807) is 0 Å². The van der Waals surface area contributed by atoms with Gasteiger partial charge in [0, 0.05) is 15.8 Å². The molecule has 0 aliphatic carbocycles. The van der Waals surface area contributed by atoms with Crippen LogP contribution in [0.15, 0.2) is 36.4 Å². The van der Waals surface area contributed by atoms with Crippen LogP contribution in [0.2, 0.25) is 0 Å². The van der Waals surface area contributed by atoms with Gasteiger partial charge in [-0.3, -0.25) is 0 Å². The minimum absolute atomic E-state index is 0.568. The standard InChI is InChI=1S/C18H25NS/c1-4-17-11-12-18(20-17)13-16(19-3)10-9-15-8-6-5-7-14(15)2/h5-8,11-12,16,19H,4,9-10,13H2,1-3H3. The van der Waals surface area contributed by atoms with Gasteiger partial charge >= 0.3 is 0 Å². The summed E-state index contributed by atoms with van der Waals surface area (Å²) in [7, 11) is 2.08. The summed E-state index contributed by atoms with van der Waals surface area (Å²) in [4.78, 5) is 3.00. The molecule has 0 aliphatic heterocycles. The van der Waals surface area contributed by atoms with E-state index in [0.717, 1.165) is 19.3 Å². The van der Waals surface area contributed by atoms with Gasteiger partial charge in [0.05, 0.1) is 0 Å². The molecule has 0 fully saturated rings. The van der Waals surface area contributed by atoms with Gasteiger partial charge in [0.2, 0.25) is 0 Å². The van der Waals surface area contributed by atoms with Crippen LogP contribution in [0.3, 0.4) is 0 Å². The highest BCUT2D eigenvalue weighted by atomic mass is 32.1. The summed E-state index contributed by atoms with van der Waals surface area (Å²) in [5, 5.41) is 3.47. The van der Waals surface area contributed by atoms with Crippen molar-refractivity contribution in [3.8, 4) is 0 Å². The van der Waals surface area contributed by atoms with Crippen LogP contribution in [-0.2, 0) is 19.3 Å². The summed E-state index contributed by atoms with van der Waals surface area (Å²) in [6.45, 7) is 4.43. The third-order valence-corrected chi connectivity index (χ3v) is 5.20. The van der Waals surface area contributed by atoms with Gasteiger partial charge < -0.3 is 5.32 Å². The largest absolute Gasteiger partial charge is 0.317 e. The van der Waals surface area contributed by atoms with Crippen LogP contribution in [0.5, 0.6) is 0 Å². The number of thiophene rings is 1. The molecular formula is C18H25NS. The molecule has 0 saturated carbocycles. The first-order valence-corrected chi connectivity index (χ1v) is 8.34. The molecule has 0 bridgehead atoms. The van der Waals surface area contributed by atoms with Crippen LogP contribution in [0, 0.1) is 6.92 Å². The molecule has 2 heteroatoms. The van der Waals surface area contributed by atoms with E-state index < -0.39 is 0 Å². The van der Waals surface area contributed by atoms with Crippen LogP contribution in [-0.4, -0.2) is 13.1 Å². The fourth-order valence-electron chi connectivity index (χ4n) is 2.53. The predicted octanol–water partition coefficient (Wildman–Crippen LogP) is 4.38. The lowest BCUT2D eigenvalue weighted by molar-refractivity contribution is 0.523. The predicted molar refractivity (Wildman–Crippen MR) is 89.7 cm³/mol. The lowest BCUT2D eigenvalue weighted by Crippen LogP contribution is -2.27. The molecule has 0 saturated heterocycles. The lowest BCUT2D eigenvalue weighted by atomic mass is 9.99. The van der Waals surface area contributed by atoms with Crippen molar-refractivity contribution in [2.24, 2.45) is 0 Å².